The number of para-hydroxylation sites is 1. The second-order valence-electron chi connectivity index (χ2n) is 3.45. The molecular formula is C12H7N3S2. The van der Waals surface area contributed by atoms with Gasteiger partial charge in [-0.2, -0.15) is 5.26 Å². The zero-order valence-corrected chi connectivity index (χ0v) is 10.4. The van der Waals surface area contributed by atoms with Crippen molar-refractivity contribution in [3.8, 4) is 16.8 Å². The van der Waals surface area contributed by atoms with E-state index >= 15 is 0 Å². The molecule has 0 amide bonds. The van der Waals surface area contributed by atoms with E-state index < -0.39 is 0 Å². The molecule has 0 radical (unpaired) electrons. The monoisotopic (exact) mass is 257 g/mol. The number of fused-ring (bicyclic) bond motifs is 1. The zero-order valence-electron chi connectivity index (χ0n) is 8.75. The van der Waals surface area contributed by atoms with Crippen molar-refractivity contribution in [3.05, 3.63) is 34.7 Å². The molecule has 0 saturated heterocycles. The highest BCUT2D eigenvalue weighted by molar-refractivity contribution is 7.21. The lowest BCUT2D eigenvalue weighted by Crippen LogP contribution is -1.80. The summed E-state index contributed by atoms with van der Waals surface area (Å²) in [6.45, 7) is 0. The molecule has 82 valence electrons. The van der Waals surface area contributed by atoms with Crippen molar-refractivity contribution in [1.29, 1.82) is 5.26 Å². The third kappa shape index (κ3) is 1.93. The largest absolute Gasteiger partial charge is 0.238 e. The van der Waals surface area contributed by atoms with Crippen molar-refractivity contribution in [1.82, 2.24) is 9.97 Å². The minimum Gasteiger partial charge on any atom is -0.238 e. The summed E-state index contributed by atoms with van der Waals surface area (Å²) in [6, 6.07) is 10.1. The third-order valence-electron chi connectivity index (χ3n) is 2.30. The van der Waals surface area contributed by atoms with Gasteiger partial charge in [0.1, 0.15) is 15.7 Å². The summed E-state index contributed by atoms with van der Waals surface area (Å²) in [5.41, 5.74) is 1.88. The third-order valence-corrected chi connectivity index (χ3v) is 4.20. The van der Waals surface area contributed by atoms with Crippen LogP contribution in [0.4, 0.5) is 0 Å². The maximum atomic E-state index is 8.62. The van der Waals surface area contributed by atoms with Crippen molar-refractivity contribution < 1.29 is 0 Å². The second-order valence-corrected chi connectivity index (χ2v) is 5.42. The van der Waals surface area contributed by atoms with Crippen molar-refractivity contribution in [2.24, 2.45) is 0 Å². The Morgan fingerprint density at radius 2 is 2.12 bits per heavy atom. The van der Waals surface area contributed by atoms with Crippen LogP contribution in [-0.2, 0) is 6.42 Å². The van der Waals surface area contributed by atoms with Crippen LogP contribution in [0.2, 0.25) is 0 Å². The first kappa shape index (κ1) is 10.4. The molecule has 0 saturated carbocycles. The van der Waals surface area contributed by atoms with Crippen LogP contribution >= 0.6 is 22.7 Å². The molecule has 0 spiro atoms. The Balaban J connectivity index is 2.05. The minimum absolute atomic E-state index is 0.371. The normalized spacial score (nSPS) is 10.5. The van der Waals surface area contributed by atoms with E-state index in [1.165, 1.54) is 11.3 Å². The summed E-state index contributed by atoms with van der Waals surface area (Å²) < 4.78 is 1.16. The Morgan fingerprint density at radius 3 is 2.94 bits per heavy atom. The SMILES string of the molecule is N#CCc1nc(-c2nc3ccccc3s2)cs1. The van der Waals surface area contributed by atoms with Crippen LogP contribution in [-0.4, -0.2) is 9.97 Å². The van der Waals surface area contributed by atoms with E-state index in [1.807, 2.05) is 23.6 Å². The van der Waals surface area contributed by atoms with Gasteiger partial charge in [-0.05, 0) is 12.1 Å². The summed E-state index contributed by atoms with van der Waals surface area (Å²) in [5.74, 6) is 0. The highest BCUT2D eigenvalue weighted by Gasteiger charge is 2.09. The van der Waals surface area contributed by atoms with Crippen molar-refractivity contribution >= 4 is 32.9 Å². The lowest BCUT2D eigenvalue weighted by Gasteiger charge is -1.85. The molecule has 3 nitrogen and oxygen atoms in total. The lowest BCUT2D eigenvalue weighted by molar-refractivity contribution is 1.19. The van der Waals surface area contributed by atoms with Gasteiger partial charge in [-0.25, -0.2) is 9.97 Å². The van der Waals surface area contributed by atoms with Gasteiger partial charge in [-0.15, -0.1) is 22.7 Å². The molecule has 0 N–H and O–H groups in total. The lowest BCUT2D eigenvalue weighted by atomic mass is 10.3. The van der Waals surface area contributed by atoms with Crippen molar-refractivity contribution in [3.63, 3.8) is 0 Å². The molecule has 0 fully saturated rings. The number of thiazole rings is 2. The van der Waals surface area contributed by atoms with Crippen LogP contribution in [0.15, 0.2) is 29.6 Å². The second kappa shape index (κ2) is 4.24. The van der Waals surface area contributed by atoms with Gasteiger partial charge in [-0.3, -0.25) is 0 Å². The number of nitriles is 1. The Morgan fingerprint density at radius 1 is 1.24 bits per heavy atom. The van der Waals surface area contributed by atoms with E-state index in [1.54, 1.807) is 11.3 Å². The quantitative estimate of drug-likeness (QED) is 0.706. The van der Waals surface area contributed by atoms with Crippen LogP contribution < -0.4 is 0 Å². The molecule has 0 aliphatic carbocycles. The van der Waals surface area contributed by atoms with Gasteiger partial charge in [0, 0.05) is 5.38 Å². The molecule has 3 rings (SSSR count). The molecule has 2 heterocycles. The zero-order chi connectivity index (χ0) is 11.7. The van der Waals surface area contributed by atoms with E-state index in [2.05, 4.69) is 22.1 Å². The summed E-state index contributed by atoms with van der Waals surface area (Å²) in [4.78, 5) is 8.95. The van der Waals surface area contributed by atoms with Crippen LogP contribution in [0, 0.1) is 11.3 Å². The Labute approximate surface area is 106 Å². The summed E-state index contributed by atoms with van der Waals surface area (Å²) in [5, 5.41) is 12.4. The van der Waals surface area contributed by atoms with Gasteiger partial charge < -0.3 is 0 Å². The molecule has 5 heteroatoms. The van der Waals surface area contributed by atoms with Gasteiger partial charge >= 0.3 is 0 Å². The fraction of sp³-hybridized carbons (Fsp3) is 0.0833. The molecule has 0 unspecified atom stereocenters. The van der Waals surface area contributed by atoms with Crippen LogP contribution in [0.3, 0.4) is 0 Å². The predicted octanol–water partition coefficient (Wildman–Crippen LogP) is 3.49. The molecule has 0 bridgehead atoms. The summed E-state index contributed by atoms with van der Waals surface area (Å²) in [7, 11) is 0. The number of hydrogen-bond donors (Lipinski definition) is 0. The molecule has 2 aromatic heterocycles. The van der Waals surface area contributed by atoms with Crippen LogP contribution in [0.1, 0.15) is 5.01 Å². The van der Waals surface area contributed by atoms with Gasteiger partial charge in [0.15, 0.2) is 0 Å². The molecule has 0 aliphatic rings. The van der Waals surface area contributed by atoms with Crippen molar-refractivity contribution in [2.45, 2.75) is 6.42 Å². The standard InChI is InChI=1S/C12H7N3S2/c13-6-5-11-14-9(7-16-11)12-15-8-3-1-2-4-10(8)17-12/h1-4,7H,5H2. The molecule has 17 heavy (non-hydrogen) atoms. The van der Waals surface area contributed by atoms with Crippen LogP contribution in [0.5, 0.6) is 0 Å². The van der Waals surface area contributed by atoms with Gasteiger partial charge in [0.05, 0.1) is 22.7 Å². The highest BCUT2D eigenvalue weighted by atomic mass is 32.1. The first-order chi connectivity index (χ1) is 8.36. The maximum absolute atomic E-state index is 8.62. The maximum Gasteiger partial charge on any atom is 0.143 e. The summed E-state index contributed by atoms with van der Waals surface area (Å²) in [6.07, 6.45) is 0.371. The first-order valence-electron chi connectivity index (χ1n) is 5.04. The Hall–Kier alpha value is -1.77. The van der Waals surface area contributed by atoms with Gasteiger partial charge in [0.25, 0.3) is 0 Å². The van der Waals surface area contributed by atoms with Crippen molar-refractivity contribution in [2.75, 3.05) is 0 Å². The highest BCUT2D eigenvalue weighted by Crippen LogP contribution is 2.30. The Bertz CT molecular complexity index is 673. The first-order valence-corrected chi connectivity index (χ1v) is 6.74. The molecule has 0 atom stereocenters. The number of aromatic nitrogens is 2. The molecular weight excluding hydrogens is 250 g/mol. The van der Waals surface area contributed by atoms with Crippen LogP contribution in [0.25, 0.3) is 20.9 Å². The Kier molecular flexibility index (Phi) is 2.59. The smallest absolute Gasteiger partial charge is 0.143 e. The number of nitrogens with zero attached hydrogens (tertiary/aromatic N) is 3. The average Bonchev–Trinajstić information content (AvgIpc) is 2.94. The fourth-order valence-corrected chi connectivity index (χ4v) is 3.25. The fourth-order valence-electron chi connectivity index (χ4n) is 1.54. The number of hydrogen-bond acceptors (Lipinski definition) is 5. The topological polar surface area (TPSA) is 49.6 Å². The molecule has 3 aromatic rings. The van der Waals surface area contributed by atoms with E-state index in [0.29, 0.717) is 6.42 Å². The molecule has 1 aromatic carbocycles. The van der Waals surface area contributed by atoms with Gasteiger partial charge in [-0.1, -0.05) is 12.1 Å². The average molecular weight is 257 g/mol. The van der Waals surface area contributed by atoms with E-state index in [0.717, 1.165) is 25.9 Å². The molecule has 0 aliphatic heterocycles. The predicted molar refractivity (Wildman–Crippen MR) is 70.0 cm³/mol. The number of rotatable bonds is 2. The summed E-state index contributed by atoms with van der Waals surface area (Å²) >= 11 is 3.14. The minimum atomic E-state index is 0.371. The van der Waals surface area contributed by atoms with Gasteiger partial charge in [0.2, 0.25) is 0 Å². The van der Waals surface area contributed by atoms with E-state index in [-0.39, 0.29) is 0 Å². The van der Waals surface area contributed by atoms with E-state index in [4.69, 9.17) is 5.26 Å². The number of benzene rings is 1. The van der Waals surface area contributed by atoms with E-state index in [9.17, 15) is 0 Å².